The maximum absolute atomic E-state index is 10.6. The summed E-state index contributed by atoms with van der Waals surface area (Å²) in [5.74, 6) is -0.415. The molecule has 0 saturated carbocycles. The van der Waals surface area contributed by atoms with Crippen molar-refractivity contribution in [2.75, 3.05) is 31.9 Å². The highest BCUT2D eigenvalue weighted by Gasteiger charge is 2.36. The highest BCUT2D eigenvalue weighted by atomic mass is 32.2. The van der Waals surface area contributed by atoms with Gasteiger partial charge in [-0.3, -0.25) is 9.45 Å². The Bertz CT molecular complexity index is 306. The van der Waals surface area contributed by atoms with Crippen molar-refractivity contribution in [3.05, 3.63) is 0 Å². The van der Waals surface area contributed by atoms with E-state index in [1.807, 2.05) is 11.8 Å². The Hall–Kier alpha value is -0.210. The van der Waals surface area contributed by atoms with E-state index in [-0.39, 0.29) is 6.42 Å². The van der Waals surface area contributed by atoms with Crippen LogP contribution in [0.25, 0.3) is 0 Å². The van der Waals surface area contributed by atoms with Crippen molar-refractivity contribution < 1.29 is 18.1 Å². The molecule has 1 atom stereocenters. The number of β-amino-alcohol motifs (C(OH)–C–C–N with tert-alkyl or cyclic N) is 1. The van der Waals surface area contributed by atoms with Gasteiger partial charge in [0, 0.05) is 26.1 Å². The summed E-state index contributed by atoms with van der Waals surface area (Å²) in [4.78, 5) is 1.81. The molecule has 0 aromatic heterocycles. The minimum atomic E-state index is -4.01. The molecule has 15 heavy (non-hydrogen) atoms. The van der Waals surface area contributed by atoms with Crippen LogP contribution in [-0.4, -0.2) is 60.6 Å². The van der Waals surface area contributed by atoms with E-state index in [2.05, 4.69) is 5.32 Å². The number of hydrogen-bond donors (Lipinski definition) is 3. The van der Waals surface area contributed by atoms with Gasteiger partial charge >= 0.3 is 0 Å². The van der Waals surface area contributed by atoms with Gasteiger partial charge in [-0.2, -0.15) is 8.42 Å². The van der Waals surface area contributed by atoms with Gasteiger partial charge in [-0.1, -0.05) is 6.92 Å². The molecule has 1 saturated heterocycles. The van der Waals surface area contributed by atoms with E-state index in [9.17, 15) is 13.5 Å². The van der Waals surface area contributed by atoms with Gasteiger partial charge in [0.2, 0.25) is 0 Å². The summed E-state index contributed by atoms with van der Waals surface area (Å²) in [5.41, 5.74) is -1.16. The number of likely N-dealkylation sites (N-methyl/N-ethyl adjacent to an activating group) is 1. The highest BCUT2D eigenvalue weighted by Crippen LogP contribution is 2.18. The fourth-order valence-corrected chi connectivity index (χ4v) is 2.40. The third kappa shape index (κ3) is 3.69. The zero-order chi connectivity index (χ0) is 11.5. The monoisotopic (exact) mass is 238 g/mol. The first-order valence-electron chi connectivity index (χ1n) is 5.01. The van der Waals surface area contributed by atoms with Crippen molar-refractivity contribution in [2.45, 2.75) is 19.1 Å². The predicted octanol–water partition coefficient (Wildman–Crippen LogP) is -1.12. The number of nitrogens with one attached hydrogen (secondary N) is 1. The zero-order valence-electron chi connectivity index (χ0n) is 8.81. The zero-order valence-corrected chi connectivity index (χ0v) is 9.63. The van der Waals surface area contributed by atoms with Crippen LogP contribution in [-0.2, 0) is 10.1 Å². The molecule has 3 N–H and O–H groups in total. The fourth-order valence-electron chi connectivity index (χ4n) is 1.81. The van der Waals surface area contributed by atoms with E-state index in [0.29, 0.717) is 19.6 Å². The first-order chi connectivity index (χ1) is 6.87. The van der Waals surface area contributed by atoms with E-state index in [1.165, 1.54) is 0 Å². The molecule has 6 nitrogen and oxygen atoms in total. The normalized spacial score (nSPS) is 29.3. The second kappa shape index (κ2) is 4.75. The Morgan fingerprint density at radius 1 is 1.53 bits per heavy atom. The largest absolute Gasteiger partial charge is 0.374 e. The molecule has 1 heterocycles. The van der Waals surface area contributed by atoms with Crippen LogP contribution < -0.4 is 5.32 Å². The lowest BCUT2D eigenvalue weighted by Gasteiger charge is -2.43. The summed E-state index contributed by atoms with van der Waals surface area (Å²) in [5, 5.41) is 13.2. The number of nitrogens with zero attached hydrogens (tertiary/aromatic N) is 1. The molecule has 1 unspecified atom stereocenters. The Morgan fingerprint density at radius 2 is 2.20 bits per heavy atom. The molecule has 1 fully saturated rings. The van der Waals surface area contributed by atoms with Gasteiger partial charge in [0.25, 0.3) is 10.1 Å². The summed E-state index contributed by atoms with van der Waals surface area (Å²) in [6.45, 7) is 4.35. The molecule has 0 aliphatic carbocycles. The fraction of sp³-hybridized carbons (Fsp3) is 1.00. The first-order valence-corrected chi connectivity index (χ1v) is 6.61. The van der Waals surface area contributed by atoms with E-state index in [1.54, 1.807) is 0 Å². The third-order valence-corrected chi connectivity index (χ3v) is 3.42. The van der Waals surface area contributed by atoms with Gasteiger partial charge in [0.1, 0.15) is 5.72 Å². The molecule has 0 bridgehead atoms. The summed E-state index contributed by atoms with van der Waals surface area (Å²) in [6.07, 6.45) is 0.0205. The molecule has 1 aliphatic rings. The minimum absolute atomic E-state index is 0.0205. The van der Waals surface area contributed by atoms with Crippen LogP contribution in [0.4, 0.5) is 0 Å². The topological polar surface area (TPSA) is 89.9 Å². The van der Waals surface area contributed by atoms with Crippen molar-refractivity contribution in [3.8, 4) is 0 Å². The van der Waals surface area contributed by atoms with Crippen LogP contribution in [0, 0.1) is 0 Å². The van der Waals surface area contributed by atoms with Gasteiger partial charge in [0.15, 0.2) is 0 Å². The number of piperazine rings is 1. The Balaban J connectivity index is 2.62. The van der Waals surface area contributed by atoms with Gasteiger partial charge in [0.05, 0.1) is 5.75 Å². The predicted molar refractivity (Wildman–Crippen MR) is 56.1 cm³/mol. The Morgan fingerprint density at radius 3 is 2.73 bits per heavy atom. The molecule has 90 valence electrons. The van der Waals surface area contributed by atoms with Gasteiger partial charge in [-0.15, -0.1) is 0 Å². The average Bonchev–Trinajstić information content (AvgIpc) is 2.15. The van der Waals surface area contributed by atoms with Gasteiger partial charge in [-0.05, 0) is 6.54 Å². The molecular formula is C8H18N2O4S. The van der Waals surface area contributed by atoms with Crippen LogP contribution in [0.3, 0.4) is 0 Å². The minimum Gasteiger partial charge on any atom is -0.374 e. The highest BCUT2D eigenvalue weighted by molar-refractivity contribution is 7.85. The number of hydrogen-bond acceptors (Lipinski definition) is 5. The summed E-state index contributed by atoms with van der Waals surface area (Å²) in [6, 6.07) is 0. The smallest absolute Gasteiger partial charge is 0.265 e. The average molecular weight is 238 g/mol. The lowest BCUT2D eigenvalue weighted by molar-refractivity contribution is -0.120. The van der Waals surface area contributed by atoms with Crippen LogP contribution in [0.2, 0.25) is 0 Å². The second-order valence-corrected chi connectivity index (χ2v) is 5.35. The van der Waals surface area contributed by atoms with E-state index in [0.717, 1.165) is 6.54 Å². The quantitative estimate of drug-likeness (QED) is 0.537. The lowest BCUT2D eigenvalue weighted by Crippen LogP contribution is -2.61. The summed E-state index contributed by atoms with van der Waals surface area (Å²) < 4.78 is 29.9. The van der Waals surface area contributed by atoms with E-state index >= 15 is 0 Å². The maximum Gasteiger partial charge on any atom is 0.265 e. The van der Waals surface area contributed by atoms with Gasteiger partial charge in [-0.25, -0.2) is 0 Å². The molecule has 0 aromatic rings. The van der Waals surface area contributed by atoms with Crippen molar-refractivity contribution in [2.24, 2.45) is 0 Å². The van der Waals surface area contributed by atoms with Crippen LogP contribution >= 0.6 is 0 Å². The van der Waals surface area contributed by atoms with Crippen molar-refractivity contribution in [3.63, 3.8) is 0 Å². The Kier molecular flexibility index (Phi) is 4.07. The lowest BCUT2D eigenvalue weighted by atomic mass is 10.1. The van der Waals surface area contributed by atoms with Crippen molar-refractivity contribution in [1.29, 1.82) is 0 Å². The van der Waals surface area contributed by atoms with Crippen LogP contribution in [0.15, 0.2) is 0 Å². The molecule has 0 spiro atoms. The van der Waals surface area contributed by atoms with E-state index < -0.39 is 21.6 Å². The van der Waals surface area contributed by atoms with E-state index in [4.69, 9.17) is 4.55 Å². The molecule has 1 aliphatic heterocycles. The summed E-state index contributed by atoms with van der Waals surface area (Å²) in [7, 11) is -4.01. The molecular weight excluding hydrogens is 220 g/mol. The van der Waals surface area contributed by atoms with Crippen molar-refractivity contribution >= 4 is 10.1 Å². The molecule has 0 radical (unpaired) electrons. The molecule has 1 rings (SSSR count). The van der Waals surface area contributed by atoms with Crippen molar-refractivity contribution in [1.82, 2.24) is 10.2 Å². The molecule has 0 aromatic carbocycles. The third-order valence-electron chi connectivity index (χ3n) is 2.70. The first kappa shape index (κ1) is 12.9. The second-order valence-electron chi connectivity index (χ2n) is 3.77. The number of rotatable bonds is 4. The van der Waals surface area contributed by atoms with Crippen LogP contribution in [0.5, 0.6) is 0 Å². The Labute approximate surface area is 90.0 Å². The SMILES string of the molecule is CCN1CCNCC1(O)CCS(=O)(=O)O. The molecule has 7 heteroatoms. The van der Waals surface area contributed by atoms with Crippen LogP contribution in [0.1, 0.15) is 13.3 Å². The van der Waals surface area contributed by atoms with Gasteiger partial charge < -0.3 is 10.4 Å². The summed E-state index contributed by atoms with van der Waals surface area (Å²) >= 11 is 0. The maximum atomic E-state index is 10.6. The number of aliphatic hydroxyl groups is 1. The standard InChI is InChI=1S/C8H18N2O4S/c1-2-10-5-4-9-7-8(10,11)3-6-15(12,13)14/h9,11H,2-7H2,1H3,(H,12,13,14). The molecule has 0 amide bonds.